The standard InChI is InChI=1S/C15H32N2O2/c1-4-16-13-15(18)17-11-9-7-5-6-8-10-12-19-14(2)3/h14,16H,4-13H2,1-3H3,(H,17,18). The number of likely N-dealkylation sites (N-methyl/N-ethyl adjacent to an activating group) is 1. The van der Waals surface area contributed by atoms with E-state index in [-0.39, 0.29) is 5.91 Å². The molecule has 0 saturated heterocycles. The first-order valence-electron chi connectivity index (χ1n) is 7.75. The number of hydrogen-bond acceptors (Lipinski definition) is 3. The van der Waals surface area contributed by atoms with Crippen LogP contribution < -0.4 is 10.6 Å². The Hall–Kier alpha value is -0.610. The topological polar surface area (TPSA) is 50.4 Å². The third-order valence-electron chi connectivity index (χ3n) is 2.88. The van der Waals surface area contributed by atoms with Crippen molar-refractivity contribution in [1.29, 1.82) is 0 Å². The van der Waals surface area contributed by atoms with Gasteiger partial charge in [-0.15, -0.1) is 0 Å². The smallest absolute Gasteiger partial charge is 0.233 e. The first-order valence-corrected chi connectivity index (χ1v) is 7.75. The third kappa shape index (κ3) is 15.3. The third-order valence-corrected chi connectivity index (χ3v) is 2.88. The number of unbranched alkanes of at least 4 members (excludes halogenated alkanes) is 5. The van der Waals surface area contributed by atoms with E-state index in [4.69, 9.17) is 4.74 Å². The van der Waals surface area contributed by atoms with Gasteiger partial charge in [0.05, 0.1) is 12.6 Å². The summed E-state index contributed by atoms with van der Waals surface area (Å²) in [7, 11) is 0. The van der Waals surface area contributed by atoms with Crippen LogP contribution >= 0.6 is 0 Å². The number of ether oxygens (including phenoxy) is 1. The van der Waals surface area contributed by atoms with Gasteiger partial charge in [0, 0.05) is 13.2 Å². The molecule has 0 bridgehead atoms. The maximum Gasteiger partial charge on any atom is 0.233 e. The van der Waals surface area contributed by atoms with Gasteiger partial charge in [0.25, 0.3) is 0 Å². The number of amides is 1. The van der Waals surface area contributed by atoms with Crippen molar-refractivity contribution in [2.75, 3.05) is 26.2 Å². The molecular formula is C15H32N2O2. The summed E-state index contributed by atoms with van der Waals surface area (Å²) < 4.78 is 5.49. The summed E-state index contributed by atoms with van der Waals surface area (Å²) in [6, 6.07) is 0. The molecular weight excluding hydrogens is 240 g/mol. The van der Waals surface area contributed by atoms with E-state index in [2.05, 4.69) is 24.5 Å². The van der Waals surface area contributed by atoms with Crippen molar-refractivity contribution < 1.29 is 9.53 Å². The number of rotatable bonds is 13. The number of hydrogen-bond donors (Lipinski definition) is 2. The maximum atomic E-state index is 11.3. The Balaban J connectivity index is 3.08. The second-order valence-electron chi connectivity index (χ2n) is 5.17. The number of nitrogens with one attached hydrogen (secondary N) is 2. The molecule has 4 heteroatoms. The molecule has 0 fully saturated rings. The summed E-state index contributed by atoms with van der Waals surface area (Å²) in [5.74, 6) is 0.104. The molecule has 0 aromatic carbocycles. The molecule has 0 aliphatic rings. The Morgan fingerprint density at radius 1 is 1.05 bits per heavy atom. The van der Waals surface area contributed by atoms with Crippen molar-refractivity contribution in [2.45, 2.75) is 65.4 Å². The highest BCUT2D eigenvalue weighted by Crippen LogP contribution is 2.05. The van der Waals surface area contributed by atoms with Crippen LogP contribution in [0, 0.1) is 0 Å². The molecule has 4 nitrogen and oxygen atoms in total. The Kier molecular flexibility index (Phi) is 13.4. The van der Waals surface area contributed by atoms with Crippen molar-refractivity contribution >= 4 is 5.91 Å². The summed E-state index contributed by atoms with van der Waals surface area (Å²) in [6.07, 6.45) is 7.58. The van der Waals surface area contributed by atoms with Crippen LogP contribution in [-0.2, 0) is 9.53 Å². The molecule has 0 atom stereocenters. The minimum Gasteiger partial charge on any atom is -0.379 e. The molecule has 0 radical (unpaired) electrons. The zero-order valence-corrected chi connectivity index (χ0v) is 13.0. The highest BCUT2D eigenvalue weighted by molar-refractivity contribution is 5.77. The van der Waals surface area contributed by atoms with Crippen LogP contribution in [0.25, 0.3) is 0 Å². The second-order valence-corrected chi connectivity index (χ2v) is 5.17. The molecule has 0 aromatic rings. The van der Waals surface area contributed by atoms with Gasteiger partial charge in [-0.05, 0) is 33.2 Å². The van der Waals surface area contributed by atoms with E-state index < -0.39 is 0 Å². The van der Waals surface area contributed by atoms with E-state index >= 15 is 0 Å². The van der Waals surface area contributed by atoms with Crippen LogP contribution in [0.2, 0.25) is 0 Å². The zero-order valence-electron chi connectivity index (χ0n) is 13.0. The first-order chi connectivity index (χ1) is 9.16. The minimum absolute atomic E-state index is 0.104. The summed E-state index contributed by atoms with van der Waals surface area (Å²) in [6.45, 7) is 9.12. The fourth-order valence-corrected chi connectivity index (χ4v) is 1.78. The molecule has 1 amide bonds. The second kappa shape index (κ2) is 13.8. The Labute approximate surface area is 118 Å². The first kappa shape index (κ1) is 18.4. The van der Waals surface area contributed by atoms with Crippen molar-refractivity contribution in [2.24, 2.45) is 0 Å². The number of carbonyl (C=O) groups excluding carboxylic acids is 1. The van der Waals surface area contributed by atoms with Crippen LogP contribution in [-0.4, -0.2) is 38.3 Å². The molecule has 19 heavy (non-hydrogen) atoms. The van der Waals surface area contributed by atoms with Crippen LogP contribution in [0.15, 0.2) is 0 Å². The van der Waals surface area contributed by atoms with Crippen molar-refractivity contribution in [3.05, 3.63) is 0 Å². The molecule has 2 N–H and O–H groups in total. The van der Waals surface area contributed by atoms with E-state index in [1.54, 1.807) is 0 Å². The predicted molar refractivity (Wildman–Crippen MR) is 80.3 cm³/mol. The van der Waals surface area contributed by atoms with Gasteiger partial charge in [-0.1, -0.05) is 32.6 Å². The highest BCUT2D eigenvalue weighted by atomic mass is 16.5. The van der Waals surface area contributed by atoms with Gasteiger partial charge in [0.15, 0.2) is 0 Å². The lowest BCUT2D eigenvalue weighted by Gasteiger charge is -2.07. The lowest BCUT2D eigenvalue weighted by Crippen LogP contribution is -2.34. The summed E-state index contributed by atoms with van der Waals surface area (Å²) in [5, 5.41) is 5.93. The summed E-state index contributed by atoms with van der Waals surface area (Å²) in [5.41, 5.74) is 0. The fourth-order valence-electron chi connectivity index (χ4n) is 1.78. The maximum absolute atomic E-state index is 11.3. The van der Waals surface area contributed by atoms with Crippen LogP contribution in [0.5, 0.6) is 0 Å². The van der Waals surface area contributed by atoms with Gasteiger partial charge in [0.1, 0.15) is 0 Å². The molecule has 0 aliphatic heterocycles. The van der Waals surface area contributed by atoms with Gasteiger partial charge in [-0.2, -0.15) is 0 Å². The average Bonchev–Trinajstić information content (AvgIpc) is 2.38. The van der Waals surface area contributed by atoms with E-state index in [9.17, 15) is 4.79 Å². The van der Waals surface area contributed by atoms with Crippen molar-refractivity contribution in [3.8, 4) is 0 Å². The lowest BCUT2D eigenvalue weighted by atomic mass is 10.1. The highest BCUT2D eigenvalue weighted by Gasteiger charge is 1.98. The number of carbonyl (C=O) groups is 1. The molecule has 0 saturated carbocycles. The van der Waals surface area contributed by atoms with Gasteiger partial charge in [-0.25, -0.2) is 0 Å². The Morgan fingerprint density at radius 3 is 2.32 bits per heavy atom. The summed E-state index contributed by atoms with van der Waals surface area (Å²) >= 11 is 0. The molecule has 0 unspecified atom stereocenters. The average molecular weight is 272 g/mol. The molecule has 0 aliphatic carbocycles. The molecule has 0 heterocycles. The predicted octanol–water partition coefficient (Wildman–Crippen LogP) is 2.48. The van der Waals surface area contributed by atoms with Crippen LogP contribution in [0.3, 0.4) is 0 Å². The molecule has 0 spiro atoms. The largest absolute Gasteiger partial charge is 0.379 e. The van der Waals surface area contributed by atoms with E-state index in [1.807, 2.05) is 6.92 Å². The van der Waals surface area contributed by atoms with E-state index in [0.29, 0.717) is 12.6 Å². The van der Waals surface area contributed by atoms with Gasteiger partial charge in [0.2, 0.25) is 5.91 Å². The molecule has 0 rings (SSSR count). The molecule has 114 valence electrons. The monoisotopic (exact) mass is 272 g/mol. The van der Waals surface area contributed by atoms with Crippen molar-refractivity contribution in [3.63, 3.8) is 0 Å². The van der Waals surface area contributed by atoms with E-state index in [1.165, 1.54) is 25.7 Å². The quantitative estimate of drug-likeness (QED) is 0.506. The fraction of sp³-hybridized carbons (Fsp3) is 0.933. The van der Waals surface area contributed by atoms with Gasteiger partial charge >= 0.3 is 0 Å². The zero-order chi connectivity index (χ0) is 14.3. The minimum atomic E-state index is 0.104. The Bertz CT molecular complexity index is 208. The van der Waals surface area contributed by atoms with Gasteiger partial charge < -0.3 is 15.4 Å². The van der Waals surface area contributed by atoms with Crippen molar-refractivity contribution in [1.82, 2.24) is 10.6 Å². The summed E-state index contributed by atoms with van der Waals surface area (Å²) in [4.78, 5) is 11.3. The van der Waals surface area contributed by atoms with E-state index in [0.717, 1.165) is 32.5 Å². The lowest BCUT2D eigenvalue weighted by molar-refractivity contribution is -0.120. The van der Waals surface area contributed by atoms with Crippen LogP contribution in [0.1, 0.15) is 59.3 Å². The normalized spacial score (nSPS) is 10.9. The SMILES string of the molecule is CCNCC(=O)NCCCCCCCCOC(C)C. The van der Waals surface area contributed by atoms with Crippen LogP contribution in [0.4, 0.5) is 0 Å². The molecule has 0 aromatic heterocycles. The van der Waals surface area contributed by atoms with Gasteiger partial charge in [-0.3, -0.25) is 4.79 Å². The Morgan fingerprint density at radius 2 is 1.68 bits per heavy atom.